The second-order valence-electron chi connectivity index (χ2n) is 3.19. The molecule has 0 aliphatic rings. The van der Waals surface area contributed by atoms with E-state index in [2.05, 4.69) is 9.26 Å². The molecule has 9 heteroatoms. The monoisotopic (exact) mass is 274 g/mol. The zero-order valence-corrected chi connectivity index (χ0v) is 10.2. The number of nitro groups is 1. The molecule has 0 N–H and O–H groups in total. The molecule has 0 bridgehead atoms. The molecule has 0 saturated heterocycles. The molecule has 0 atom stereocenters. The van der Waals surface area contributed by atoms with Gasteiger partial charge in [-0.3, -0.25) is 10.1 Å². The Balaban J connectivity index is 2.71. The Hall–Kier alpha value is -1.76. The third kappa shape index (κ3) is 4.25. The quantitative estimate of drug-likeness (QED) is 0.310. The summed E-state index contributed by atoms with van der Waals surface area (Å²) in [6.45, 7) is 0. The number of benzene rings is 1. The number of hydrogen-bond donors (Lipinski definition) is 0. The van der Waals surface area contributed by atoms with Crippen LogP contribution < -0.4 is 14.3 Å². The van der Waals surface area contributed by atoms with E-state index in [0.29, 0.717) is 0 Å². The Kier molecular flexibility index (Phi) is 4.55. The van der Waals surface area contributed by atoms with Crippen molar-refractivity contribution in [3.63, 3.8) is 0 Å². The highest BCUT2D eigenvalue weighted by atomic mass is 31.2. The molecule has 0 aliphatic heterocycles. The second kappa shape index (κ2) is 5.72. The van der Waals surface area contributed by atoms with E-state index < -0.39 is 25.0 Å². The second-order valence-corrected chi connectivity index (χ2v) is 4.91. The smallest absolute Gasteiger partial charge is 0.346 e. The van der Waals surface area contributed by atoms with E-state index in [1.807, 2.05) is 0 Å². The normalized spacial score (nSPS) is 10.8. The lowest BCUT2D eigenvalue weighted by Gasteiger charge is -2.32. The fraction of sp³-hybridized carbons (Fsp3) is 0.222. The first kappa shape index (κ1) is 14.3. The zero-order chi connectivity index (χ0) is 13.8. The van der Waals surface area contributed by atoms with Gasteiger partial charge < -0.3 is 19.0 Å². The van der Waals surface area contributed by atoms with Crippen molar-refractivity contribution in [1.29, 1.82) is 0 Å². The van der Waals surface area contributed by atoms with Crippen LogP contribution in [0, 0.1) is 10.1 Å². The predicted octanol–water partition coefficient (Wildman–Crippen LogP) is -0.370. The molecule has 0 spiro atoms. The lowest BCUT2D eigenvalue weighted by atomic mass is 10.3. The maximum Gasteiger partial charge on any atom is 0.346 e. The highest BCUT2D eigenvalue weighted by Crippen LogP contribution is 2.42. The molecule has 0 unspecified atom stereocenters. The van der Waals surface area contributed by atoms with Crippen LogP contribution >= 0.6 is 7.94 Å². The van der Waals surface area contributed by atoms with Crippen LogP contribution in [-0.2, 0) is 9.53 Å². The van der Waals surface area contributed by atoms with Gasteiger partial charge in [-0.1, -0.05) is 0 Å². The van der Waals surface area contributed by atoms with Crippen LogP contribution in [-0.4, -0.2) is 24.2 Å². The molecule has 0 aromatic heterocycles. The van der Waals surface area contributed by atoms with Gasteiger partial charge in [0.2, 0.25) is 0 Å². The lowest BCUT2D eigenvalue weighted by Crippen LogP contribution is -2.33. The van der Waals surface area contributed by atoms with Crippen molar-refractivity contribution in [2.75, 3.05) is 13.3 Å². The zero-order valence-electron chi connectivity index (χ0n) is 9.27. The summed E-state index contributed by atoms with van der Waals surface area (Å²) in [5.41, 5.74) is -0.198. The first-order chi connectivity index (χ1) is 8.34. The number of non-ortho nitro benzene ring substituents is 1. The summed E-state index contributed by atoms with van der Waals surface area (Å²) in [5.74, 6) is -1.06. The van der Waals surface area contributed by atoms with Crippen molar-refractivity contribution in [3.05, 3.63) is 34.4 Å². The molecule has 0 saturated carbocycles. The molecule has 0 heterocycles. The summed E-state index contributed by atoms with van der Waals surface area (Å²) < 4.78 is 8.78. The Morgan fingerprint density at radius 1 is 1.33 bits per heavy atom. The molecule has 8 nitrogen and oxygen atoms in total. The average molecular weight is 274 g/mol. The maximum absolute atomic E-state index is 11.4. The van der Waals surface area contributed by atoms with E-state index in [1.165, 1.54) is 0 Å². The average Bonchev–Trinajstić information content (AvgIpc) is 2.28. The number of carbonyl (C=O) groups is 1. The van der Waals surface area contributed by atoms with Crippen LogP contribution in [0.1, 0.15) is 0 Å². The minimum atomic E-state index is -4.42. The Labute approximate surface area is 103 Å². The number of esters is 1. The van der Waals surface area contributed by atoms with Crippen molar-refractivity contribution in [2.45, 2.75) is 0 Å². The van der Waals surface area contributed by atoms with Gasteiger partial charge in [0.05, 0.1) is 12.0 Å². The third-order valence-electron chi connectivity index (χ3n) is 1.84. The van der Waals surface area contributed by atoms with Gasteiger partial charge in [-0.25, -0.2) is 4.79 Å². The van der Waals surface area contributed by atoms with Gasteiger partial charge in [0.1, 0.15) is 7.94 Å². The summed E-state index contributed by atoms with van der Waals surface area (Å²) >= 11 is 0. The molecule has 0 amide bonds. The van der Waals surface area contributed by atoms with Gasteiger partial charge in [-0.15, -0.1) is 0 Å². The number of nitrogens with zero attached hydrogens (tertiary/aromatic N) is 1. The number of hydrogen-bond acceptors (Lipinski definition) is 7. The van der Waals surface area contributed by atoms with Gasteiger partial charge in [-0.2, -0.15) is 0 Å². The molecule has 98 valence electrons. The third-order valence-corrected chi connectivity index (χ3v) is 2.98. The van der Waals surface area contributed by atoms with Crippen molar-refractivity contribution < 1.29 is 28.8 Å². The van der Waals surface area contributed by atoms with Crippen molar-refractivity contribution in [1.82, 2.24) is 0 Å². The maximum atomic E-state index is 11.4. The summed E-state index contributed by atoms with van der Waals surface area (Å²) in [7, 11) is -3.37. The number of ether oxygens (including phenoxy) is 1. The molecule has 1 aromatic carbocycles. The van der Waals surface area contributed by atoms with Crippen molar-refractivity contribution in [2.24, 2.45) is 0 Å². The van der Waals surface area contributed by atoms with Crippen molar-refractivity contribution in [3.8, 4) is 5.75 Å². The van der Waals surface area contributed by atoms with Crippen LogP contribution in [0.2, 0.25) is 0 Å². The van der Waals surface area contributed by atoms with E-state index in [9.17, 15) is 24.7 Å². The van der Waals surface area contributed by atoms with E-state index >= 15 is 0 Å². The SMILES string of the molecule is COC(=O)C[P+]([O-])([O-])Oc1ccc([N+](=O)[O-])cc1. The molecule has 0 radical (unpaired) electrons. The highest BCUT2D eigenvalue weighted by molar-refractivity contribution is 7.58. The van der Waals surface area contributed by atoms with E-state index in [1.54, 1.807) is 0 Å². The van der Waals surface area contributed by atoms with Crippen LogP contribution in [0.25, 0.3) is 0 Å². The Bertz CT molecular complexity index is 445. The summed E-state index contributed by atoms with van der Waals surface area (Å²) in [5, 5.41) is 10.4. The van der Waals surface area contributed by atoms with Crippen LogP contribution in [0.3, 0.4) is 0 Å². The Morgan fingerprint density at radius 2 is 1.89 bits per heavy atom. The van der Waals surface area contributed by atoms with Crippen molar-refractivity contribution >= 4 is 19.6 Å². The van der Waals surface area contributed by atoms with Gasteiger partial charge in [0, 0.05) is 12.1 Å². The van der Waals surface area contributed by atoms with Gasteiger partial charge in [-0.05, 0) is 12.1 Å². The number of methoxy groups -OCH3 is 1. The molecule has 18 heavy (non-hydrogen) atoms. The molecule has 1 aromatic rings. The predicted molar refractivity (Wildman–Crippen MR) is 57.5 cm³/mol. The standard InChI is InChI=1S/C9H10NO7P/c1-16-9(11)6-18(14,15)17-8-4-2-7(3-5-8)10(12)13/h2-5H,6H2,1H3,(H,14,15)/p-1. The minimum absolute atomic E-state index is 0.108. The first-order valence-electron chi connectivity index (χ1n) is 4.65. The summed E-state index contributed by atoms with van der Waals surface area (Å²) in [4.78, 5) is 43.3. The van der Waals surface area contributed by atoms with Gasteiger partial charge in [0.25, 0.3) is 5.69 Å². The van der Waals surface area contributed by atoms with Gasteiger partial charge in [0.15, 0.2) is 11.9 Å². The van der Waals surface area contributed by atoms with E-state index in [-0.39, 0.29) is 11.4 Å². The number of nitro benzene ring substituents is 1. The topological polar surface area (TPSA) is 125 Å². The van der Waals surface area contributed by atoms with Gasteiger partial charge >= 0.3 is 5.97 Å². The van der Waals surface area contributed by atoms with E-state index in [0.717, 1.165) is 31.4 Å². The largest absolute Gasteiger partial charge is 0.652 e. The Morgan fingerprint density at radius 3 is 2.33 bits per heavy atom. The van der Waals surface area contributed by atoms with Crippen LogP contribution in [0.5, 0.6) is 5.75 Å². The molecule has 0 aliphatic carbocycles. The van der Waals surface area contributed by atoms with E-state index in [4.69, 9.17) is 0 Å². The molecule has 0 fully saturated rings. The first-order valence-corrected chi connectivity index (χ1v) is 6.38. The molecule has 1 rings (SSSR count). The number of carbonyl (C=O) groups excluding carboxylic acids is 1. The number of rotatable bonds is 5. The molecular formula is C9H9NO7P-. The van der Waals surface area contributed by atoms with Crippen LogP contribution in [0.4, 0.5) is 5.69 Å². The van der Waals surface area contributed by atoms with Crippen LogP contribution in [0.15, 0.2) is 24.3 Å². The molecular weight excluding hydrogens is 265 g/mol. The highest BCUT2D eigenvalue weighted by Gasteiger charge is 2.22. The lowest BCUT2D eigenvalue weighted by molar-refractivity contribution is -0.384. The summed E-state index contributed by atoms with van der Waals surface area (Å²) in [6.07, 6.45) is -0.902. The minimum Gasteiger partial charge on any atom is -0.652 e. The fourth-order valence-electron chi connectivity index (χ4n) is 1.04. The summed E-state index contributed by atoms with van der Waals surface area (Å²) in [6, 6.07) is 4.43. The fourth-order valence-corrected chi connectivity index (χ4v) is 2.00.